The fraction of sp³-hybridized carbons (Fsp3) is 0. The van der Waals surface area contributed by atoms with Gasteiger partial charge in [0, 0.05) is 11.8 Å². The molecule has 0 radical (unpaired) electrons. The van der Waals surface area contributed by atoms with E-state index in [2.05, 4.69) is 15.5 Å². The summed E-state index contributed by atoms with van der Waals surface area (Å²) in [4.78, 5) is 22.7. The maximum atomic E-state index is 11.9. The van der Waals surface area contributed by atoms with Crippen molar-refractivity contribution in [3.8, 4) is 0 Å². The number of nitrogens with two attached hydrogens (primary N) is 1. The van der Waals surface area contributed by atoms with E-state index in [-0.39, 0.29) is 22.0 Å². The number of rotatable bonds is 2. The van der Waals surface area contributed by atoms with Crippen LogP contribution in [0.1, 0.15) is 10.4 Å². The molecule has 92 valence electrons. The molecular weight excluding hydrogens is 256 g/mol. The average molecular weight is 265 g/mol. The van der Waals surface area contributed by atoms with Gasteiger partial charge in [-0.05, 0) is 24.3 Å². The summed E-state index contributed by atoms with van der Waals surface area (Å²) in [6, 6.07) is 7.23. The minimum Gasteiger partial charge on any atom is -0.399 e. The third-order valence-electron chi connectivity index (χ3n) is 2.16. The first-order valence-corrected chi connectivity index (χ1v) is 5.36. The number of halogens is 1. The van der Waals surface area contributed by atoms with Crippen LogP contribution in [0.2, 0.25) is 5.02 Å². The SMILES string of the molecule is Nc1ccc(Cl)c(C(=O)Nc2ccc(=O)[nH]n2)c1. The minimum absolute atomic E-state index is 0.220. The number of carbonyl (C=O) groups is 1. The molecule has 4 N–H and O–H groups in total. The van der Waals surface area contributed by atoms with Crippen LogP contribution >= 0.6 is 11.6 Å². The van der Waals surface area contributed by atoms with Crippen LogP contribution in [-0.4, -0.2) is 16.1 Å². The van der Waals surface area contributed by atoms with Crippen LogP contribution in [0.15, 0.2) is 35.1 Å². The summed E-state index contributed by atoms with van der Waals surface area (Å²) in [7, 11) is 0. The van der Waals surface area contributed by atoms with Crippen LogP contribution in [-0.2, 0) is 0 Å². The monoisotopic (exact) mass is 264 g/mol. The molecule has 2 aromatic rings. The highest BCUT2D eigenvalue weighted by atomic mass is 35.5. The van der Waals surface area contributed by atoms with Gasteiger partial charge in [-0.2, -0.15) is 5.10 Å². The number of nitrogen functional groups attached to an aromatic ring is 1. The fourth-order valence-corrected chi connectivity index (χ4v) is 1.52. The van der Waals surface area contributed by atoms with Crippen molar-refractivity contribution in [2.24, 2.45) is 0 Å². The second-order valence-corrected chi connectivity index (χ2v) is 3.91. The Hall–Kier alpha value is -2.34. The third kappa shape index (κ3) is 2.67. The van der Waals surface area contributed by atoms with Crippen molar-refractivity contribution in [3.63, 3.8) is 0 Å². The molecule has 18 heavy (non-hydrogen) atoms. The summed E-state index contributed by atoms with van der Waals surface area (Å²) in [5.74, 6) is -0.232. The molecular formula is C11H9ClN4O2. The second kappa shape index (κ2) is 4.89. The number of nitrogens with zero attached hydrogens (tertiary/aromatic N) is 1. The van der Waals surface area contributed by atoms with Crippen LogP contribution in [0, 0.1) is 0 Å². The lowest BCUT2D eigenvalue weighted by Gasteiger charge is -2.06. The Labute approximate surface area is 107 Å². The quantitative estimate of drug-likeness (QED) is 0.711. The predicted molar refractivity (Wildman–Crippen MR) is 68.7 cm³/mol. The summed E-state index contributed by atoms with van der Waals surface area (Å²) in [5, 5.41) is 8.63. The van der Waals surface area contributed by atoms with E-state index in [0.29, 0.717) is 5.69 Å². The zero-order valence-electron chi connectivity index (χ0n) is 9.11. The van der Waals surface area contributed by atoms with Crippen molar-refractivity contribution in [1.82, 2.24) is 10.2 Å². The molecule has 1 heterocycles. The summed E-state index contributed by atoms with van der Waals surface area (Å²) in [5.41, 5.74) is 5.89. The smallest absolute Gasteiger partial charge is 0.264 e. The Morgan fingerprint density at radius 2 is 2.11 bits per heavy atom. The van der Waals surface area contributed by atoms with E-state index < -0.39 is 5.91 Å². The zero-order valence-corrected chi connectivity index (χ0v) is 9.86. The van der Waals surface area contributed by atoms with Gasteiger partial charge < -0.3 is 11.1 Å². The van der Waals surface area contributed by atoms with E-state index in [1.54, 1.807) is 6.07 Å². The molecule has 0 aliphatic rings. The molecule has 1 aromatic carbocycles. The number of nitrogens with one attached hydrogen (secondary N) is 2. The van der Waals surface area contributed by atoms with Crippen LogP contribution < -0.4 is 16.6 Å². The number of anilines is 2. The first-order valence-electron chi connectivity index (χ1n) is 4.98. The summed E-state index contributed by atoms with van der Waals surface area (Å²) < 4.78 is 0. The molecule has 1 aromatic heterocycles. The summed E-state index contributed by atoms with van der Waals surface area (Å²) in [6.07, 6.45) is 0. The molecule has 0 bridgehead atoms. The summed E-state index contributed by atoms with van der Waals surface area (Å²) >= 11 is 5.89. The molecule has 7 heteroatoms. The van der Waals surface area contributed by atoms with Crippen molar-refractivity contribution in [2.75, 3.05) is 11.1 Å². The largest absolute Gasteiger partial charge is 0.399 e. The van der Waals surface area contributed by atoms with Gasteiger partial charge in [0.05, 0.1) is 10.6 Å². The van der Waals surface area contributed by atoms with Crippen molar-refractivity contribution in [2.45, 2.75) is 0 Å². The van der Waals surface area contributed by atoms with Crippen molar-refractivity contribution in [3.05, 3.63) is 51.3 Å². The maximum absolute atomic E-state index is 11.9. The molecule has 2 rings (SSSR count). The Morgan fingerprint density at radius 3 is 2.78 bits per heavy atom. The maximum Gasteiger partial charge on any atom is 0.264 e. The predicted octanol–water partition coefficient (Wildman–Crippen LogP) is 1.26. The van der Waals surface area contributed by atoms with E-state index >= 15 is 0 Å². The first-order chi connectivity index (χ1) is 8.56. The average Bonchev–Trinajstić information content (AvgIpc) is 2.35. The second-order valence-electron chi connectivity index (χ2n) is 3.50. The molecule has 0 aliphatic carbocycles. The highest BCUT2D eigenvalue weighted by Gasteiger charge is 2.11. The van der Waals surface area contributed by atoms with E-state index in [1.807, 2.05) is 0 Å². The number of aromatic amines is 1. The zero-order chi connectivity index (χ0) is 13.1. The lowest BCUT2D eigenvalue weighted by Crippen LogP contribution is -2.16. The van der Waals surface area contributed by atoms with E-state index in [1.165, 1.54) is 24.3 Å². The molecule has 0 atom stereocenters. The highest BCUT2D eigenvalue weighted by molar-refractivity contribution is 6.34. The number of benzene rings is 1. The lowest BCUT2D eigenvalue weighted by molar-refractivity contribution is 0.102. The molecule has 0 fully saturated rings. The standard InChI is InChI=1S/C11H9ClN4O2/c12-8-2-1-6(13)5-7(8)11(18)14-9-3-4-10(17)16-15-9/h1-5H,13H2,(H,16,17)(H,14,15,18). The van der Waals surface area contributed by atoms with Gasteiger partial charge in [-0.3, -0.25) is 9.59 Å². The molecule has 0 spiro atoms. The van der Waals surface area contributed by atoms with E-state index in [4.69, 9.17) is 17.3 Å². The topological polar surface area (TPSA) is 101 Å². The fourth-order valence-electron chi connectivity index (χ4n) is 1.31. The summed E-state index contributed by atoms with van der Waals surface area (Å²) in [6.45, 7) is 0. The number of H-pyrrole nitrogens is 1. The molecule has 1 amide bonds. The lowest BCUT2D eigenvalue weighted by atomic mass is 10.2. The van der Waals surface area contributed by atoms with Gasteiger partial charge in [-0.1, -0.05) is 11.6 Å². The van der Waals surface area contributed by atoms with Crippen LogP contribution in [0.25, 0.3) is 0 Å². The van der Waals surface area contributed by atoms with Gasteiger partial charge >= 0.3 is 0 Å². The van der Waals surface area contributed by atoms with E-state index in [9.17, 15) is 9.59 Å². The van der Waals surface area contributed by atoms with Gasteiger partial charge in [-0.15, -0.1) is 0 Å². The highest BCUT2D eigenvalue weighted by Crippen LogP contribution is 2.19. The van der Waals surface area contributed by atoms with Gasteiger partial charge in [0.2, 0.25) is 0 Å². The number of hydrogen-bond donors (Lipinski definition) is 3. The number of hydrogen-bond acceptors (Lipinski definition) is 4. The molecule has 6 nitrogen and oxygen atoms in total. The van der Waals surface area contributed by atoms with Crippen LogP contribution in [0.5, 0.6) is 0 Å². The van der Waals surface area contributed by atoms with E-state index in [0.717, 1.165) is 0 Å². The molecule has 0 saturated heterocycles. The van der Waals surface area contributed by atoms with Crippen LogP contribution in [0.4, 0.5) is 11.5 Å². The Morgan fingerprint density at radius 1 is 1.33 bits per heavy atom. The van der Waals surface area contributed by atoms with Gasteiger partial charge in [0.1, 0.15) is 0 Å². The number of amides is 1. The Balaban J connectivity index is 2.24. The third-order valence-corrected chi connectivity index (χ3v) is 2.49. The number of aromatic nitrogens is 2. The Bertz CT molecular complexity index is 633. The molecule has 0 saturated carbocycles. The van der Waals surface area contributed by atoms with Crippen molar-refractivity contribution in [1.29, 1.82) is 0 Å². The van der Waals surface area contributed by atoms with Gasteiger partial charge in [0.15, 0.2) is 5.82 Å². The Kier molecular flexibility index (Phi) is 3.29. The van der Waals surface area contributed by atoms with Crippen molar-refractivity contribution < 1.29 is 4.79 Å². The molecule has 0 aliphatic heterocycles. The van der Waals surface area contributed by atoms with Crippen LogP contribution in [0.3, 0.4) is 0 Å². The molecule has 0 unspecified atom stereocenters. The first kappa shape index (κ1) is 12.1. The van der Waals surface area contributed by atoms with Gasteiger partial charge in [0.25, 0.3) is 11.5 Å². The minimum atomic E-state index is -0.452. The normalized spacial score (nSPS) is 10.1. The number of carbonyl (C=O) groups excluding carboxylic acids is 1. The van der Waals surface area contributed by atoms with Crippen molar-refractivity contribution >= 4 is 29.0 Å². The van der Waals surface area contributed by atoms with Gasteiger partial charge in [-0.25, -0.2) is 5.10 Å².